The number of amides is 1. The summed E-state index contributed by atoms with van der Waals surface area (Å²) in [5.74, 6) is 0.255. The molecule has 0 aliphatic heterocycles. The fraction of sp³-hybridized carbons (Fsp3) is 0.333. The molecule has 0 spiro atoms. The number of carboxylic acid groups (broad SMARTS) is 1. The van der Waals surface area contributed by atoms with Crippen LogP contribution in [0.25, 0.3) is 11.3 Å². The minimum Gasteiger partial charge on any atom is -0.493 e. The van der Waals surface area contributed by atoms with E-state index in [0.717, 1.165) is 36.1 Å². The molecule has 1 unspecified atom stereocenters. The molecule has 33 heavy (non-hydrogen) atoms. The lowest BCUT2D eigenvalue weighted by Gasteiger charge is -2.24. The number of hydrogen-bond acceptors (Lipinski definition) is 4. The van der Waals surface area contributed by atoms with Crippen LogP contribution in [0.1, 0.15) is 55.8 Å². The Labute approximate surface area is 195 Å². The first kappa shape index (κ1) is 21.3. The number of furan rings is 1. The van der Waals surface area contributed by atoms with Gasteiger partial charge in [-0.05, 0) is 61.9 Å². The molecule has 1 amide bonds. The molecule has 4 rings (SSSR count). The lowest BCUT2D eigenvalue weighted by atomic mass is 10.1. The largest absolute Gasteiger partial charge is 0.493 e. The van der Waals surface area contributed by atoms with Gasteiger partial charge in [-0.25, -0.2) is 0 Å². The Morgan fingerprint density at radius 3 is 2.52 bits per heavy atom. The van der Waals surface area contributed by atoms with Crippen LogP contribution in [0.15, 0.2) is 71.3 Å². The van der Waals surface area contributed by atoms with E-state index in [-0.39, 0.29) is 18.4 Å². The van der Waals surface area contributed by atoms with Crippen molar-refractivity contribution in [1.82, 2.24) is 4.90 Å². The summed E-state index contributed by atoms with van der Waals surface area (Å²) in [6.07, 6.45) is 5.62. The Bertz CT molecular complexity index is 1090. The minimum absolute atomic E-state index is 0.0452. The summed E-state index contributed by atoms with van der Waals surface area (Å²) < 4.78 is 20.2. The second-order valence-corrected chi connectivity index (χ2v) is 8.22. The van der Waals surface area contributed by atoms with Gasteiger partial charge >= 0.3 is 5.97 Å². The number of carbonyl (C=O) groups is 2. The van der Waals surface area contributed by atoms with Crippen molar-refractivity contribution in [2.24, 2.45) is 0 Å². The van der Waals surface area contributed by atoms with Crippen LogP contribution >= 0.6 is 0 Å². The fourth-order valence-corrected chi connectivity index (χ4v) is 3.66. The molecule has 6 nitrogen and oxygen atoms in total. The lowest BCUT2D eigenvalue weighted by molar-refractivity contribution is -0.137. The standard InChI is InChI=1S/C27H29NO5/c29-26(30)10-2-1-5-17-33-25-8-4-3-7-23(25)27(31)28(22-15-16-22)19-20-11-13-21(14-12-20)24-9-6-18-32-24/h3-4,6-9,11-14,18,22H,1-2,5,10,15-17,19H2,(H,29,30)/i19D. The summed E-state index contributed by atoms with van der Waals surface area (Å²) in [4.78, 5) is 25.9. The van der Waals surface area contributed by atoms with Gasteiger partial charge < -0.3 is 19.2 Å². The molecule has 1 aliphatic carbocycles. The van der Waals surface area contributed by atoms with Crippen molar-refractivity contribution in [3.63, 3.8) is 0 Å². The lowest BCUT2D eigenvalue weighted by Crippen LogP contribution is -2.33. The van der Waals surface area contributed by atoms with Crippen molar-refractivity contribution in [3.8, 4) is 17.1 Å². The predicted octanol–water partition coefficient (Wildman–Crippen LogP) is 5.78. The minimum atomic E-state index is -0.824. The number of carboxylic acids is 1. The van der Waals surface area contributed by atoms with Gasteiger partial charge in [0.1, 0.15) is 11.5 Å². The molecule has 1 aliphatic rings. The molecule has 1 fully saturated rings. The molecule has 3 aromatic rings. The average molecular weight is 449 g/mol. The quantitative estimate of drug-likeness (QED) is 0.356. The molecule has 1 N–H and O–H groups in total. The normalized spacial score (nSPS) is 14.4. The molecule has 0 saturated heterocycles. The van der Waals surface area contributed by atoms with Gasteiger partial charge in [-0.1, -0.05) is 36.4 Å². The molecule has 1 saturated carbocycles. The first-order valence-electron chi connectivity index (χ1n) is 11.9. The van der Waals surface area contributed by atoms with Crippen molar-refractivity contribution in [3.05, 3.63) is 78.1 Å². The van der Waals surface area contributed by atoms with Gasteiger partial charge in [0.15, 0.2) is 0 Å². The molecule has 2 aromatic carbocycles. The van der Waals surface area contributed by atoms with E-state index < -0.39 is 12.5 Å². The summed E-state index contributed by atoms with van der Waals surface area (Å²) in [5.41, 5.74) is 2.11. The maximum atomic E-state index is 13.6. The number of rotatable bonds is 12. The zero-order valence-corrected chi connectivity index (χ0v) is 18.5. The number of aliphatic carboxylic acids is 1. The van der Waals surface area contributed by atoms with Crippen molar-refractivity contribution >= 4 is 11.9 Å². The van der Waals surface area contributed by atoms with Gasteiger partial charge in [-0.3, -0.25) is 9.59 Å². The Morgan fingerprint density at radius 1 is 1.03 bits per heavy atom. The number of ether oxygens (including phenoxy) is 1. The van der Waals surface area contributed by atoms with Crippen LogP contribution in [-0.4, -0.2) is 34.5 Å². The van der Waals surface area contributed by atoms with Gasteiger partial charge in [0.2, 0.25) is 0 Å². The van der Waals surface area contributed by atoms with E-state index in [1.807, 2.05) is 42.5 Å². The van der Waals surface area contributed by atoms with E-state index in [1.165, 1.54) is 0 Å². The van der Waals surface area contributed by atoms with E-state index in [2.05, 4.69) is 0 Å². The van der Waals surface area contributed by atoms with Gasteiger partial charge in [0.25, 0.3) is 5.91 Å². The summed E-state index contributed by atoms with van der Waals surface area (Å²) in [5, 5.41) is 8.74. The molecule has 6 heteroatoms. The van der Waals surface area contributed by atoms with Crippen LogP contribution in [0.5, 0.6) is 5.75 Å². The maximum absolute atomic E-state index is 13.6. The van der Waals surface area contributed by atoms with Crippen LogP contribution in [-0.2, 0) is 11.3 Å². The topological polar surface area (TPSA) is 80.0 Å². The molecular weight excluding hydrogens is 418 g/mol. The Kier molecular flexibility index (Phi) is 7.01. The molecular formula is C27H29NO5. The van der Waals surface area contributed by atoms with E-state index in [4.69, 9.17) is 15.6 Å². The van der Waals surface area contributed by atoms with Crippen LogP contribution in [0, 0.1) is 0 Å². The zero-order chi connectivity index (χ0) is 23.9. The molecule has 1 heterocycles. The van der Waals surface area contributed by atoms with Gasteiger partial charge in [0.05, 0.1) is 19.8 Å². The third-order valence-corrected chi connectivity index (χ3v) is 5.59. The maximum Gasteiger partial charge on any atom is 0.303 e. The Balaban J connectivity index is 1.44. The molecule has 0 radical (unpaired) electrons. The molecule has 1 atom stereocenters. The third-order valence-electron chi connectivity index (χ3n) is 5.59. The highest BCUT2D eigenvalue weighted by Gasteiger charge is 2.34. The van der Waals surface area contributed by atoms with Crippen LogP contribution in [0.2, 0.25) is 0 Å². The monoisotopic (exact) mass is 448 g/mol. The summed E-state index contributed by atoms with van der Waals surface area (Å²) in [7, 11) is 0. The number of nitrogens with zero attached hydrogens (tertiary/aromatic N) is 1. The smallest absolute Gasteiger partial charge is 0.303 e. The SMILES string of the molecule is [2H]C(c1ccc(-c2ccco2)cc1)N(C(=O)c1ccccc1OCCCCCC(=O)O)C1CC1. The summed E-state index contributed by atoms with van der Waals surface area (Å²) in [6.45, 7) is -0.416. The number of hydrogen-bond donors (Lipinski definition) is 1. The second-order valence-electron chi connectivity index (χ2n) is 8.22. The summed E-state index contributed by atoms with van der Waals surface area (Å²) >= 11 is 0. The Morgan fingerprint density at radius 2 is 1.82 bits per heavy atom. The third kappa shape index (κ3) is 6.25. The van der Waals surface area contributed by atoms with E-state index in [9.17, 15) is 9.59 Å². The predicted molar refractivity (Wildman–Crippen MR) is 125 cm³/mol. The fourth-order valence-electron chi connectivity index (χ4n) is 3.66. The van der Waals surface area contributed by atoms with Crippen molar-refractivity contribution in [1.29, 1.82) is 0 Å². The van der Waals surface area contributed by atoms with Crippen molar-refractivity contribution in [2.45, 2.75) is 51.1 Å². The summed E-state index contributed by atoms with van der Waals surface area (Å²) in [6, 6.07) is 18.5. The highest BCUT2D eigenvalue weighted by atomic mass is 16.5. The highest BCUT2D eigenvalue weighted by Crippen LogP contribution is 2.32. The van der Waals surface area contributed by atoms with Crippen molar-refractivity contribution < 1.29 is 25.2 Å². The van der Waals surface area contributed by atoms with Gasteiger partial charge in [-0.2, -0.15) is 0 Å². The average Bonchev–Trinajstić information content (AvgIpc) is 3.52. The zero-order valence-electron chi connectivity index (χ0n) is 19.5. The number of benzene rings is 2. The number of carbonyl (C=O) groups excluding carboxylic acids is 1. The first-order valence-corrected chi connectivity index (χ1v) is 11.4. The van der Waals surface area contributed by atoms with E-state index >= 15 is 0 Å². The van der Waals surface area contributed by atoms with E-state index in [1.54, 1.807) is 29.4 Å². The first-order chi connectivity index (χ1) is 16.5. The van der Waals surface area contributed by atoms with Crippen LogP contribution < -0.4 is 4.74 Å². The highest BCUT2D eigenvalue weighted by molar-refractivity contribution is 5.97. The molecule has 1 aromatic heterocycles. The number of para-hydroxylation sites is 1. The Hall–Kier alpha value is -3.54. The number of unbranched alkanes of at least 4 members (excludes halogenated alkanes) is 2. The molecule has 172 valence electrons. The van der Waals surface area contributed by atoms with Crippen LogP contribution in [0.4, 0.5) is 0 Å². The van der Waals surface area contributed by atoms with E-state index in [0.29, 0.717) is 30.8 Å². The van der Waals surface area contributed by atoms with Gasteiger partial charge in [-0.15, -0.1) is 0 Å². The van der Waals surface area contributed by atoms with Crippen LogP contribution in [0.3, 0.4) is 0 Å². The van der Waals surface area contributed by atoms with Gasteiger partial charge in [0, 0.05) is 24.5 Å². The van der Waals surface area contributed by atoms with Crippen molar-refractivity contribution in [2.75, 3.05) is 6.61 Å². The second kappa shape index (κ2) is 10.9. The molecule has 0 bridgehead atoms.